The van der Waals surface area contributed by atoms with E-state index < -0.39 is 0 Å². The van der Waals surface area contributed by atoms with E-state index in [1.807, 2.05) is 30.3 Å². The van der Waals surface area contributed by atoms with Gasteiger partial charge in [-0.25, -0.2) is 0 Å². The number of allylic oxidation sites excluding steroid dienone is 1. The first-order chi connectivity index (χ1) is 10.7. The fraction of sp³-hybridized carbons (Fsp3) is 0.211. The average molecular weight is 293 g/mol. The van der Waals surface area contributed by atoms with Crippen LogP contribution < -0.4 is 4.74 Å². The van der Waals surface area contributed by atoms with Crippen LogP contribution in [-0.4, -0.2) is 18.4 Å². The van der Waals surface area contributed by atoms with E-state index in [-0.39, 0.29) is 0 Å². The second-order valence-electron chi connectivity index (χ2n) is 5.73. The SMILES string of the molecule is COc1c(C=O)cc2c([nH]c3ccccc32)c1/C=C/C(C)C. The molecule has 2 aromatic carbocycles. The van der Waals surface area contributed by atoms with Crippen LogP contribution in [0.4, 0.5) is 0 Å². The maximum atomic E-state index is 11.5. The minimum atomic E-state index is 0.420. The second-order valence-corrected chi connectivity index (χ2v) is 5.73. The number of fused-ring (bicyclic) bond motifs is 3. The van der Waals surface area contributed by atoms with Crippen molar-refractivity contribution in [1.29, 1.82) is 0 Å². The van der Waals surface area contributed by atoms with Crippen molar-refractivity contribution in [3.05, 3.63) is 47.5 Å². The largest absolute Gasteiger partial charge is 0.495 e. The highest BCUT2D eigenvalue weighted by atomic mass is 16.5. The summed E-state index contributed by atoms with van der Waals surface area (Å²) in [5, 5.41) is 2.16. The predicted octanol–water partition coefficient (Wildman–Crippen LogP) is 4.81. The van der Waals surface area contributed by atoms with E-state index in [0.717, 1.165) is 33.7 Å². The smallest absolute Gasteiger partial charge is 0.153 e. The van der Waals surface area contributed by atoms with E-state index in [2.05, 4.69) is 31.0 Å². The zero-order chi connectivity index (χ0) is 15.7. The minimum absolute atomic E-state index is 0.420. The number of hydrogen-bond acceptors (Lipinski definition) is 2. The number of aromatic amines is 1. The Hall–Kier alpha value is -2.55. The zero-order valence-electron chi connectivity index (χ0n) is 13.0. The van der Waals surface area contributed by atoms with Crippen molar-refractivity contribution in [3.63, 3.8) is 0 Å². The summed E-state index contributed by atoms with van der Waals surface area (Å²) in [6.07, 6.45) is 5.00. The minimum Gasteiger partial charge on any atom is -0.495 e. The molecule has 0 saturated heterocycles. The Bertz CT molecular complexity index is 872. The highest BCUT2D eigenvalue weighted by Gasteiger charge is 2.15. The molecule has 0 bridgehead atoms. The molecule has 1 aromatic heterocycles. The van der Waals surface area contributed by atoms with Crippen molar-refractivity contribution < 1.29 is 9.53 Å². The molecule has 0 spiro atoms. The zero-order valence-corrected chi connectivity index (χ0v) is 13.0. The Balaban J connectivity index is 2.43. The lowest BCUT2D eigenvalue weighted by molar-refractivity contribution is 0.112. The maximum absolute atomic E-state index is 11.5. The number of nitrogens with one attached hydrogen (secondary N) is 1. The number of methoxy groups -OCH3 is 1. The molecule has 0 aliphatic rings. The fourth-order valence-electron chi connectivity index (χ4n) is 2.78. The van der Waals surface area contributed by atoms with Crippen LogP contribution in [0.3, 0.4) is 0 Å². The molecule has 22 heavy (non-hydrogen) atoms. The quantitative estimate of drug-likeness (QED) is 0.701. The molecule has 0 saturated carbocycles. The molecule has 0 aliphatic carbocycles. The lowest BCUT2D eigenvalue weighted by atomic mass is 10.0. The van der Waals surface area contributed by atoms with E-state index in [1.165, 1.54) is 0 Å². The summed E-state index contributed by atoms with van der Waals surface area (Å²) in [4.78, 5) is 14.9. The molecular weight excluding hydrogens is 274 g/mol. The first kappa shape index (κ1) is 14.4. The Morgan fingerprint density at radius 3 is 2.64 bits per heavy atom. The van der Waals surface area contributed by atoms with E-state index in [0.29, 0.717) is 17.2 Å². The van der Waals surface area contributed by atoms with Crippen molar-refractivity contribution in [2.24, 2.45) is 5.92 Å². The van der Waals surface area contributed by atoms with Crippen LogP contribution in [0.5, 0.6) is 5.75 Å². The Morgan fingerprint density at radius 2 is 1.95 bits per heavy atom. The molecular formula is C19H19NO2. The molecule has 0 aliphatic heterocycles. The highest BCUT2D eigenvalue weighted by molar-refractivity contribution is 6.12. The van der Waals surface area contributed by atoms with Crippen molar-refractivity contribution in [1.82, 2.24) is 4.98 Å². The molecule has 1 N–H and O–H groups in total. The predicted molar refractivity (Wildman–Crippen MR) is 91.6 cm³/mol. The van der Waals surface area contributed by atoms with E-state index >= 15 is 0 Å². The summed E-state index contributed by atoms with van der Waals surface area (Å²) in [5.41, 5.74) is 3.55. The van der Waals surface area contributed by atoms with Gasteiger partial charge < -0.3 is 9.72 Å². The fourth-order valence-corrected chi connectivity index (χ4v) is 2.78. The van der Waals surface area contributed by atoms with Gasteiger partial charge in [0.1, 0.15) is 5.75 Å². The lowest BCUT2D eigenvalue weighted by Crippen LogP contribution is -1.95. The van der Waals surface area contributed by atoms with Crippen LogP contribution in [0.15, 0.2) is 36.4 Å². The standard InChI is InChI=1S/C19H19NO2/c1-12(2)8-9-15-18-16(10-13(11-21)19(15)22-3)14-6-4-5-7-17(14)20-18/h4-12,20H,1-3H3/b9-8+. The Morgan fingerprint density at radius 1 is 1.18 bits per heavy atom. The number of aldehydes is 1. The summed E-state index contributed by atoms with van der Waals surface area (Å²) in [7, 11) is 1.60. The first-order valence-electron chi connectivity index (χ1n) is 7.40. The summed E-state index contributed by atoms with van der Waals surface area (Å²) in [5.74, 6) is 1.04. The number of benzene rings is 2. The summed E-state index contributed by atoms with van der Waals surface area (Å²) in [6.45, 7) is 4.24. The number of carbonyl (C=O) groups is 1. The summed E-state index contributed by atoms with van der Waals surface area (Å²) < 4.78 is 5.50. The van der Waals surface area contributed by atoms with Crippen LogP contribution in [0.1, 0.15) is 29.8 Å². The van der Waals surface area contributed by atoms with Gasteiger partial charge in [-0.2, -0.15) is 0 Å². The van der Waals surface area contributed by atoms with Crippen LogP contribution in [0, 0.1) is 5.92 Å². The topological polar surface area (TPSA) is 42.1 Å². The molecule has 3 heteroatoms. The van der Waals surface area contributed by atoms with Crippen molar-refractivity contribution >= 4 is 34.2 Å². The van der Waals surface area contributed by atoms with Gasteiger partial charge in [-0.05, 0) is 18.1 Å². The summed E-state index contributed by atoms with van der Waals surface area (Å²) in [6, 6.07) is 10.00. The number of aromatic nitrogens is 1. The van der Waals surface area contributed by atoms with Gasteiger partial charge in [0.15, 0.2) is 6.29 Å². The highest BCUT2D eigenvalue weighted by Crippen LogP contribution is 2.36. The number of hydrogen-bond donors (Lipinski definition) is 1. The number of H-pyrrole nitrogens is 1. The molecule has 3 rings (SSSR count). The molecule has 112 valence electrons. The Labute approximate surface area is 129 Å². The Kier molecular flexibility index (Phi) is 3.72. The average Bonchev–Trinajstić information content (AvgIpc) is 2.89. The third kappa shape index (κ3) is 2.29. The van der Waals surface area contributed by atoms with Gasteiger partial charge in [-0.15, -0.1) is 0 Å². The second kappa shape index (κ2) is 5.68. The third-order valence-electron chi connectivity index (χ3n) is 3.80. The normalized spacial score (nSPS) is 11.8. The molecule has 0 fully saturated rings. The molecule has 0 amide bonds. The van der Waals surface area contributed by atoms with Gasteiger partial charge >= 0.3 is 0 Å². The molecule has 1 heterocycles. The van der Waals surface area contributed by atoms with E-state index in [9.17, 15) is 4.79 Å². The first-order valence-corrected chi connectivity index (χ1v) is 7.40. The van der Waals surface area contributed by atoms with Crippen LogP contribution in [0.25, 0.3) is 27.9 Å². The number of para-hydroxylation sites is 1. The summed E-state index contributed by atoms with van der Waals surface area (Å²) >= 11 is 0. The molecule has 0 unspecified atom stereocenters. The molecule has 0 atom stereocenters. The number of rotatable bonds is 4. The van der Waals surface area contributed by atoms with Crippen molar-refractivity contribution in [3.8, 4) is 5.75 Å². The molecule has 0 radical (unpaired) electrons. The van der Waals surface area contributed by atoms with Gasteiger partial charge in [0, 0.05) is 21.9 Å². The number of ether oxygens (including phenoxy) is 1. The molecule has 3 aromatic rings. The lowest BCUT2D eigenvalue weighted by Gasteiger charge is -2.10. The van der Waals surface area contributed by atoms with E-state index in [4.69, 9.17) is 4.74 Å². The van der Waals surface area contributed by atoms with Crippen LogP contribution >= 0.6 is 0 Å². The van der Waals surface area contributed by atoms with E-state index in [1.54, 1.807) is 7.11 Å². The molecule has 3 nitrogen and oxygen atoms in total. The van der Waals surface area contributed by atoms with Gasteiger partial charge in [-0.1, -0.05) is 44.2 Å². The number of carbonyl (C=O) groups excluding carboxylic acids is 1. The monoisotopic (exact) mass is 293 g/mol. The van der Waals surface area contributed by atoms with Gasteiger partial charge in [0.05, 0.1) is 18.2 Å². The van der Waals surface area contributed by atoms with Crippen LogP contribution in [0.2, 0.25) is 0 Å². The maximum Gasteiger partial charge on any atom is 0.153 e. The third-order valence-corrected chi connectivity index (χ3v) is 3.80. The van der Waals surface area contributed by atoms with Crippen molar-refractivity contribution in [2.45, 2.75) is 13.8 Å². The van der Waals surface area contributed by atoms with Crippen molar-refractivity contribution in [2.75, 3.05) is 7.11 Å². The van der Waals surface area contributed by atoms with Crippen LogP contribution in [-0.2, 0) is 0 Å². The van der Waals surface area contributed by atoms with Gasteiger partial charge in [-0.3, -0.25) is 4.79 Å². The van der Waals surface area contributed by atoms with Gasteiger partial charge in [0.2, 0.25) is 0 Å². The van der Waals surface area contributed by atoms with Gasteiger partial charge in [0.25, 0.3) is 0 Å².